The van der Waals surface area contributed by atoms with Gasteiger partial charge in [-0.3, -0.25) is 4.79 Å². The number of carbonyl (C=O) groups is 1. The summed E-state index contributed by atoms with van der Waals surface area (Å²) in [6.45, 7) is 2.46. The first kappa shape index (κ1) is 16.3. The van der Waals surface area contributed by atoms with Gasteiger partial charge in [0.1, 0.15) is 0 Å². The molecule has 0 aliphatic heterocycles. The zero-order valence-corrected chi connectivity index (χ0v) is 11.2. The zero-order chi connectivity index (χ0) is 14.5. The van der Waals surface area contributed by atoms with Gasteiger partial charge in [-0.1, -0.05) is 6.92 Å². The maximum Gasteiger partial charge on any atom is 0.391 e. The molecule has 1 unspecified atom stereocenters. The molecule has 3 nitrogen and oxygen atoms in total. The van der Waals surface area contributed by atoms with Crippen molar-refractivity contribution in [2.75, 3.05) is 13.2 Å². The first-order chi connectivity index (χ1) is 8.84. The first-order valence-corrected chi connectivity index (χ1v) is 6.80. The largest absolute Gasteiger partial charge is 0.396 e. The van der Waals surface area contributed by atoms with Crippen LogP contribution in [-0.2, 0) is 4.79 Å². The lowest BCUT2D eigenvalue weighted by Crippen LogP contribution is -2.37. The Morgan fingerprint density at radius 1 is 1.32 bits per heavy atom. The van der Waals surface area contributed by atoms with E-state index in [9.17, 15) is 18.0 Å². The van der Waals surface area contributed by atoms with Crippen LogP contribution in [0.15, 0.2) is 0 Å². The Bertz CT molecular complexity index is 286. The number of hydrogen-bond donors (Lipinski definition) is 2. The molecule has 0 aromatic heterocycles. The van der Waals surface area contributed by atoms with E-state index in [1.165, 1.54) is 0 Å². The van der Waals surface area contributed by atoms with Gasteiger partial charge in [-0.05, 0) is 38.0 Å². The predicted molar refractivity (Wildman–Crippen MR) is 65.4 cm³/mol. The van der Waals surface area contributed by atoms with Crippen LogP contribution in [0.3, 0.4) is 0 Å². The van der Waals surface area contributed by atoms with Crippen molar-refractivity contribution in [3.8, 4) is 0 Å². The minimum absolute atomic E-state index is 0.0494. The molecule has 2 N–H and O–H groups in total. The maximum atomic E-state index is 12.5. The molecule has 1 amide bonds. The van der Waals surface area contributed by atoms with E-state index in [0.29, 0.717) is 25.8 Å². The topological polar surface area (TPSA) is 49.3 Å². The summed E-state index contributed by atoms with van der Waals surface area (Å²) in [5, 5.41) is 11.5. The summed E-state index contributed by atoms with van der Waals surface area (Å²) in [7, 11) is 0. The Labute approximate surface area is 111 Å². The van der Waals surface area contributed by atoms with Crippen LogP contribution in [-0.4, -0.2) is 30.3 Å². The molecular formula is C13H22F3NO2. The number of aliphatic hydroxyl groups excluding tert-OH is 1. The van der Waals surface area contributed by atoms with Gasteiger partial charge in [0.25, 0.3) is 0 Å². The van der Waals surface area contributed by atoms with Crippen molar-refractivity contribution >= 4 is 5.91 Å². The van der Waals surface area contributed by atoms with Gasteiger partial charge in [-0.2, -0.15) is 13.2 Å². The normalized spacial score (nSPS) is 25.9. The van der Waals surface area contributed by atoms with Gasteiger partial charge >= 0.3 is 6.18 Å². The third-order valence-corrected chi connectivity index (χ3v) is 3.81. The van der Waals surface area contributed by atoms with Gasteiger partial charge in [0.15, 0.2) is 0 Å². The molecular weight excluding hydrogens is 259 g/mol. The lowest BCUT2D eigenvalue weighted by molar-refractivity contribution is -0.184. The summed E-state index contributed by atoms with van der Waals surface area (Å²) in [4.78, 5) is 11.8. The zero-order valence-electron chi connectivity index (χ0n) is 11.2. The van der Waals surface area contributed by atoms with Crippen LogP contribution in [0.5, 0.6) is 0 Å². The molecule has 1 aliphatic rings. The Morgan fingerprint density at radius 2 is 1.89 bits per heavy atom. The summed E-state index contributed by atoms with van der Waals surface area (Å²) in [5.74, 6) is -1.50. The summed E-state index contributed by atoms with van der Waals surface area (Å²) in [5.41, 5.74) is 0. The quantitative estimate of drug-likeness (QED) is 0.813. The van der Waals surface area contributed by atoms with Gasteiger partial charge in [0.2, 0.25) is 5.91 Å². The van der Waals surface area contributed by atoms with Crippen LogP contribution in [0.1, 0.15) is 39.0 Å². The maximum absolute atomic E-state index is 12.5. The summed E-state index contributed by atoms with van der Waals surface area (Å²) in [6, 6.07) is 0. The van der Waals surface area contributed by atoms with Crippen molar-refractivity contribution in [1.29, 1.82) is 0 Å². The van der Waals surface area contributed by atoms with E-state index in [0.717, 1.165) is 0 Å². The number of rotatable bonds is 5. The fourth-order valence-electron chi connectivity index (χ4n) is 2.42. The van der Waals surface area contributed by atoms with E-state index >= 15 is 0 Å². The van der Waals surface area contributed by atoms with E-state index in [2.05, 4.69) is 5.32 Å². The molecule has 1 aliphatic carbocycles. The van der Waals surface area contributed by atoms with Crippen LogP contribution < -0.4 is 5.32 Å². The Balaban J connectivity index is 2.29. The fourth-order valence-corrected chi connectivity index (χ4v) is 2.42. The van der Waals surface area contributed by atoms with Crippen molar-refractivity contribution in [1.82, 2.24) is 5.32 Å². The average molecular weight is 281 g/mol. The molecule has 0 bridgehead atoms. The second-order valence-corrected chi connectivity index (χ2v) is 5.45. The molecule has 0 aromatic rings. The minimum atomic E-state index is -4.13. The Kier molecular flexibility index (Phi) is 6.10. The minimum Gasteiger partial charge on any atom is -0.396 e. The summed E-state index contributed by atoms with van der Waals surface area (Å²) in [6.07, 6.45) is -2.80. The standard InChI is InChI=1S/C13H22F3NO2/c1-9(6-7-18)8-17-12(19)10-2-4-11(5-3-10)13(14,15)16/h9-11,18H,2-8H2,1H3,(H,17,19). The van der Waals surface area contributed by atoms with Gasteiger partial charge in [-0.15, -0.1) is 0 Å². The van der Waals surface area contributed by atoms with Crippen LogP contribution in [0.2, 0.25) is 0 Å². The number of hydrogen-bond acceptors (Lipinski definition) is 2. The van der Waals surface area contributed by atoms with E-state index in [-0.39, 0.29) is 37.2 Å². The Morgan fingerprint density at radius 3 is 2.37 bits per heavy atom. The fraction of sp³-hybridized carbons (Fsp3) is 0.923. The van der Waals surface area contributed by atoms with Crippen molar-refractivity contribution in [3.05, 3.63) is 0 Å². The van der Waals surface area contributed by atoms with Crippen molar-refractivity contribution in [2.45, 2.75) is 45.2 Å². The van der Waals surface area contributed by atoms with Crippen molar-refractivity contribution in [3.63, 3.8) is 0 Å². The smallest absolute Gasteiger partial charge is 0.391 e. The monoisotopic (exact) mass is 281 g/mol. The predicted octanol–water partition coefficient (Wildman–Crippen LogP) is 2.49. The molecule has 0 radical (unpaired) electrons. The van der Waals surface area contributed by atoms with Gasteiger partial charge in [0, 0.05) is 19.1 Å². The molecule has 0 heterocycles. The first-order valence-electron chi connectivity index (χ1n) is 6.80. The molecule has 0 saturated heterocycles. The van der Waals surface area contributed by atoms with Crippen molar-refractivity contribution in [2.24, 2.45) is 17.8 Å². The van der Waals surface area contributed by atoms with E-state index in [4.69, 9.17) is 5.11 Å². The molecule has 0 aromatic carbocycles. The SMILES string of the molecule is CC(CCO)CNC(=O)C1CCC(C(F)(F)F)CC1. The van der Waals surface area contributed by atoms with E-state index in [1.54, 1.807) is 0 Å². The van der Waals surface area contributed by atoms with Gasteiger partial charge < -0.3 is 10.4 Å². The van der Waals surface area contributed by atoms with Crippen LogP contribution in [0.25, 0.3) is 0 Å². The molecule has 19 heavy (non-hydrogen) atoms. The number of nitrogens with one attached hydrogen (secondary N) is 1. The highest BCUT2D eigenvalue weighted by Gasteiger charge is 2.42. The number of alkyl halides is 3. The van der Waals surface area contributed by atoms with Gasteiger partial charge in [0.05, 0.1) is 5.92 Å². The highest BCUT2D eigenvalue weighted by Crippen LogP contribution is 2.39. The third kappa shape index (κ3) is 5.38. The number of halogens is 3. The second kappa shape index (κ2) is 7.12. The van der Waals surface area contributed by atoms with Crippen LogP contribution in [0.4, 0.5) is 13.2 Å². The van der Waals surface area contributed by atoms with Crippen LogP contribution >= 0.6 is 0 Å². The average Bonchev–Trinajstić information content (AvgIpc) is 2.35. The van der Waals surface area contributed by atoms with Gasteiger partial charge in [-0.25, -0.2) is 0 Å². The van der Waals surface area contributed by atoms with E-state index < -0.39 is 12.1 Å². The summed E-state index contributed by atoms with van der Waals surface area (Å²) < 4.78 is 37.5. The number of aliphatic hydroxyl groups is 1. The van der Waals surface area contributed by atoms with Crippen molar-refractivity contribution < 1.29 is 23.1 Å². The lowest BCUT2D eigenvalue weighted by Gasteiger charge is -2.29. The molecule has 1 saturated carbocycles. The molecule has 0 spiro atoms. The Hall–Kier alpha value is -0.780. The lowest BCUT2D eigenvalue weighted by atomic mass is 9.81. The number of carbonyl (C=O) groups excluding carboxylic acids is 1. The van der Waals surface area contributed by atoms with Crippen LogP contribution in [0, 0.1) is 17.8 Å². The van der Waals surface area contributed by atoms with E-state index in [1.807, 2.05) is 6.92 Å². The third-order valence-electron chi connectivity index (χ3n) is 3.81. The highest BCUT2D eigenvalue weighted by molar-refractivity contribution is 5.78. The molecule has 112 valence electrons. The highest BCUT2D eigenvalue weighted by atomic mass is 19.4. The molecule has 1 rings (SSSR count). The second-order valence-electron chi connectivity index (χ2n) is 5.45. The molecule has 1 fully saturated rings. The molecule has 1 atom stereocenters. The summed E-state index contributed by atoms with van der Waals surface area (Å²) >= 11 is 0. The molecule has 6 heteroatoms. The number of amides is 1.